The van der Waals surface area contributed by atoms with Crippen LogP contribution in [0.25, 0.3) is 21.7 Å². The van der Waals surface area contributed by atoms with Gasteiger partial charge in [-0.15, -0.1) is 0 Å². The van der Waals surface area contributed by atoms with Gasteiger partial charge in [-0.25, -0.2) is 12.4 Å². The van der Waals surface area contributed by atoms with Crippen molar-refractivity contribution in [2.24, 2.45) is 0 Å². The lowest BCUT2D eigenvalue weighted by molar-refractivity contribution is 0.313. The smallest absolute Gasteiger partial charge is 0.268 e. The average molecular weight is 406 g/mol. The van der Waals surface area contributed by atoms with E-state index in [2.05, 4.69) is 22.9 Å². The van der Waals surface area contributed by atoms with Crippen LogP contribution in [0.5, 0.6) is 0 Å². The number of piperazine rings is 1. The Morgan fingerprint density at radius 3 is 2.31 bits per heavy atom. The largest absolute Gasteiger partial charge is 0.368 e. The third kappa shape index (κ3) is 2.99. The molecule has 0 N–H and O–H groups in total. The number of likely N-dealkylation sites (N-methyl/N-ethyl adjacent to an activating group) is 1. The Balaban J connectivity index is 1.65. The van der Waals surface area contributed by atoms with Crippen LogP contribution in [0.4, 0.5) is 5.69 Å². The van der Waals surface area contributed by atoms with Crippen LogP contribution in [0, 0.1) is 0 Å². The number of anilines is 1. The zero-order valence-electron chi connectivity index (χ0n) is 16.3. The lowest BCUT2D eigenvalue weighted by Gasteiger charge is -2.34. The van der Waals surface area contributed by atoms with Gasteiger partial charge < -0.3 is 9.80 Å². The Morgan fingerprint density at radius 1 is 0.759 bits per heavy atom. The van der Waals surface area contributed by atoms with Crippen LogP contribution in [-0.4, -0.2) is 50.5 Å². The highest BCUT2D eigenvalue weighted by Gasteiger charge is 2.23. The second kappa shape index (κ2) is 6.90. The van der Waals surface area contributed by atoms with Gasteiger partial charge in [-0.1, -0.05) is 42.5 Å². The van der Waals surface area contributed by atoms with Gasteiger partial charge in [-0.2, -0.15) is 0 Å². The molecule has 0 unspecified atom stereocenters. The molecule has 0 saturated carbocycles. The highest BCUT2D eigenvalue weighted by molar-refractivity contribution is 7.90. The van der Waals surface area contributed by atoms with E-state index in [-0.39, 0.29) is 0 Å². The van der Waals surface area contributed by atoms with Crippen molar-refractivity contribution in [3.8, 4) is 0 Å². The maximum Gasteiger partial charge on any atom is 0.268 e. The molecule has 5 rings (SSSR count). The SMILES string of the molecule is CN1CCN(c2cccc3c2ccn3S(=O)(=O)c2cccc3ccccc23)CC1. The quantitative estimate of drug-likeness (QED) is 0.520. The van der Waals surface area contributed by atoms with E-state index in [0.717, 1.165) is 53.5 Å². The van der Waals surface area contributed by atoms with Gasteiger partial charge in [-0.3, -0.25) is 0 Å². The third-order valence-electron chi connectivity index (χ3n) is 5.80. The van der Waals surface area contributed by atoms with E-state index in [0.29, 0.717) is 4.90 Å². The molecule has 3 aromatic carbocycles. The summed E-state index contributed by atoms with van der Waals surface area (Å²) in [6.07, 6.45) is 1.68. The normalized spacial score (nSPS) is 16.0. The predicted molar refractivity (Wildman–Crippen MR) is 118 cm³/mol. The molecule has 1 aromatic heterocycles. The van der Waals surface area contributed by atoms with Crippen LogP contribution in [0.1, 0.15) is 0 Å². The summed E-state index contributed by atoms with van der Waals surface area (Å²) in [6, 6.07) is 20.9. The first-order valence-corrected chi connectivity index (χ1v) is 11.3. The van der Waals surface area contributed by atoms with E-state index >= 15 is 0 Å². The zero-order chi connectivity index (χ0) is 20.0. The molecule has 0 spiro atoms. The second-order valence-corrected chi connectivity index (χ2v) is 9.38. The van der Waals surface area contributed by atoms with Gasteiger partial charge in [0.1, 0.15) is 0 Å². The standard InChI is InChI=1S/C23H23N3O2S/c1-24-14-16-25(17-15-24)21-9-5-10-22-20(21)12-13-26(22)29(27,28)23-11-4-7-18-6-2-3-8-19(18)23/h2-13H,14-17H2,1H3. The monoisotopic (exact) mass is 405 g/mol. The molecule has 4 aromatic rings. The van der Waals surface area contributed by atoms with Gasteiger partial charge in [0, 0.05) is 48.8 Å². The summed E-state index contributed by atoms with van der Waals surface area (Å²) in [5.74, 6) is 0. The van der Waals surface area contributed by atoms with Gasteiger partial charge in [0.05, 0.1) is 10.4 Å². The minimum Gasteiger partial charge on any atom is -0.368 e. The van der Waals surface area contributed by atoms with E-state index in [1.807, 2.05) is 48.5 Å². The van der Waals surface area contributed by atoms with Gasteiger partial charge in [-0.05, 0) is 36.7 Å². The molecular weight excluding hydrogens is 382 g/mol. The average Bonchev–Trinajstić information content (AvgIpc) is 3.19. The van der Waals surface area contributed by atoms with Crippen molar-refractivity contribution in [1.82, 2.24) is 8.87 Å². The maximum atomic E-state index is 13.6. The second-order valence-electron chi connectivity index (χ2n) is 7.59. The summed E-state index contributed by atoms with van der Waals surface area (Å²) in [5.41, 5.74) is 1.82. The molecule has 0 bridgehead atoms. The van der Waals surface area contributed by atoms with Crippen molar-refractivity contribution < 1.29 is 8.42 Å². The van der Waals surface area contributed by atoms with Crippen LogP contribution in [0.2, 0.25) is 0 Å². The van der Waals surface area contributed by atoms with Crippen LogP contribution >= 0.6 is 0 Å². The molecule has 1 fully saturated rings. The molecule has 0 aliphatic carbocycles. The Morgan fingerprint density at radius 2 is 1.48 bits per heavy atom. The third-order valence-corrected chi connectivity index (χ3v) is 7.55. The fourth-order valence-electron chi connectivity index (χ4n) is 4.19. The van der Waals surface area contributed by atoms with Crippen molar-refractivity contribution in [1.29, 1.82) is 0 Å². The molecule has 2 heterocycles. The molecule has 29 heavy (non-hydrogen) atoms. The Labute approximate surface area is 170 Å². The number of nitrogens with zero attached hydrogens (tertiary/aromatic N) is 3. The molecule has 0 amide bonds. The topological polar surface area (TPSA) is 45.5 Å². The van der Waals surface area contributed by atoms with Crippen LogP contribution in [-0.2, 0) is 10.0 Å². The number of aromatic nitrogens is 1. The van der Waals surface area contributed by atoms with Crippen molar-refractivity contribution in [2.75, 3.05) is 38.1 Å². The van der Waals surface area contributed by atoms with Crippen LogP contribution in [0.3, 0.4) is 0 Å². The molecule has 1 aliphatic rings. The lowest BCUT2D eigenvalue weighted by atomic mass is 10.1. The molecule has 148 valence electrons. The van der Waals surface area contributed by atoms with E-state index in [4.69, 9.17) is 0 Å². The molecule has 0 radical (unpaired) electrons. The van der Waals surface area contributed by atoms with Gasteiger partial charge in [0.25, 0.3) is 10.0 Å². The van der Waals surface area contributed by atoms with E-state index in [1.165, 1.54) is 3.97 Å². The summed E-state index contributed by atoms with van der Waals surface area (Å²) in [4.78, 5) is 4.99. The number of benzene rings is 3. The van der Waals surface area contributed by atoms with Crippen LogP contribution in [0.15, 0.2) is 77.8 Å². The van der Waals surface area contributed by atoms with E-state index < -0.39 is 10.0 Å². The van der Waals surface area contributed by atoms with E-state index in [9.17, 15) is 8.42 Å². The molecule has 0 atom stereocenters. The zero-order valence-corrected chi connectivity index (χ0v) is 17.1. The summed E-state index contributed by atoms with van der Waals surface area (Å²) < 4.78 is 28.6. The maximum absolute atomic E-state index is 13.6. The highest BCUT2D eigenvalue weighted by atomic mass is 32.2. The minimum absolute atomic E-state index is 0.332. The van der Waals surface area contributed by atoms with Gasteiger partial charge in [0.15, 0.2) is 0 Å². The molecule has 5 nitrogen and oxygen atoms in total. The molecule has 1 aliphatic heterocycles. The highest BCUT2D eigenvalue weighted by Crippen LogP contribution is 2.32. The molecule has 1 saturated heterocycles. The fourth-order valence-corrected chi connectivity index (χ4v) is 5.75. The van der Waals surface area contributed by atoms with Crippen LogP contribution < -0.4 is 4.90 Å². The Bertz CT molecular complexity index is 1300. The van der Waals surface area contributed by atoms with E-state index in [1.54, 1.807) is 18.3 Å². The summed E-state index contributed by atoms with van der Waals surface area (Å²) in [5, 5.41) is 2.64. The first-order valence-electron chi connectivity index (χ1n) is 9.82. The first-order chi connectivity index (χ1) is 14.1. The summed E-state index contributed by atoms with van der Waals surface area (Å²) >= 11 is 0. The fraction of sp³-hybridized carbons (Fsp3) is 0.217. The number of hydrogen-bond donors (Lipinski definition) is 0. The lowest BCUT2D eigenvalue weighted by Crippen LogP contribution is -2.44. The van der Waals surface area contributed by atoms with Crippen molar-refractivity contribution in [2.45, 2.75) is 4.90 Å². The molecular formula is C23H23N3O2S. The Hall–Kier alpha value is -2.83. The van der Waals surface area contributed by atoms with Crippen molar-refractivity contribution >= 4 is 37.4 Å². The number of hydrogen-bond acceptors (Lipinski definition) is 4. The van der Waals surface area contributed by atoms with Crippen molar-refractivity contribution in [3.63, 3.8) is 0 Å². The molecule has 6 heteroatoms. The van der Waals surface area contributed by atoms with Gasteiger partial charge >= 0.3 is 0 Å². The van der Waals surface area contributed by atoms with Gasteiger partial charge in [0.2, 0.25) is 0 Å². The number of fused-ring (bicyclic) bond motifs is 2. The first kappa shape index (κ1) is 18.2. The van der Waals surface area contributed by atoms with Crippen molar-refractivity contribution in [3.05, 3.63) is 72.9 Å². The summed E-state index contributed by atoms with van der Waals surface area (Å²) in [6.45, 7) is 3.89. The Kier molecular flexibility index (Phi) is 4.33. The predicted octanol–water partition coefficient (Wildman–Crippen LogP) is 3.78. The summed E-state index contributed by atoms with van der Waals surface area (Å²) in [7, 11) is -1.59. The number of rotatable bonds is 3. The minimum atomic E-state index is -3.72.